The molecule has 6 heteroatoms. The molecule has 1 heterocycles. The summed E-state index contributed by atoms with van der Waals surface area (Å²) in [4.78, 5) is 1.31. The highest BCUT2D eigenvalue weighted by Gasteiger charge is 2.20. The summed E-state index contributed by atoms with van der Waals surface area (Å²) in [5.74, 6) is 0.225. The van der Waals surface area contributed by atoms with Gasteiger partial charge in [0, 0.05) is 23.0 Å². The first kappa shape index (κ1) is 20.4. The van der Waals surface area contributed by atoms with E-state index < -0.39 is 10.0 Å². The van der Waals surface area contributed by atoms with Crippen molar-refractivity contribution in [2.45, 2.75) is 39.0 Å². The highest BCUT2D eigenvalue weighted by molar-refractivity contribution is 7.89. The molecular weight excluding hydrogens is 374 g/mol. The van der Waals surface area contributed by atoms with Gasteiger partial charge in [0.05, 0.1) is 5.75 Å². The van der Waals surface area contributed by atoms with E-state index in [1.807, 2.05) is 37.3 Å². The van der Waals surface area contributed by atoms with Crippen molar-refractivity contribution >= 4 is 33.0 Å². The molecule has 0 unspecified atom stereocenters. The lowest BCUT2D eigenvalue weighted by molar-refractivity contribution is 0.398. The molecule has 0 aliphatic carbocycles. The van der Waals surface area contributed by atoms with E-state index in [9.17, 15) is 8.42 Å². The Morgan fingerprint density at radius 2 is 1.84 bits per heavy atom. The monoisotopic (exact) mass is 399 g/mol. The van der Waals surface area contributed by atoms with Crippen molar-refractivity contribution in [2.75, 3.05) is 18.8 Å². The van der Waals surface area contributed by atoms with Crippen LogP contribution in [0.5, 0.6) is 0 Å². The van der Waals surface area contributed by atoms with Crippen LogP contribution in [0.1, 0.15) is 36.6 Å². The third kappa shape index (κ3) is 7.10. The number of hydrogen-bond donors (Lipinski definition) is 0. The van der Waals surface area contributed by atoms with Crippen LogP contribution in [0.3, 0.4) is 0 Å². The summed E-state index contributed by atoms with van der Waals surface area (Å²) in [5, 5.41) is 2.79. The first-order valence-electron chi connectivity index (χ1n) is 8.76. The van der Waals surface area contributed by atoms with E-state index in [0.717, 1.165) is 36.3 Å². The molecule has 25 heavy (non-hydrogen) atoms. The SMILES string of the molecule is CCCS(=O)(=O)N(CCCc1cccc(Cl)c1)CCCc1cccs1. The molecule has 0 aliphatic heterocycles. The Kier molecular flexibility index (Phi) is 8.43. The van der Waals surface area contributed by atoms with Crippen LogP contribution in [0.2, 0.25) is 5.02 Å². The van der Waals surface area contributed by atoms with Crippen LogP contribution in [-0.4, -0.2) is 31.6 Å². The number of hydrogen-bond acceptors (Lipinski definition) is 3. The van der Waals surface area contributed by atoms with Crippen molar-refractivity contribution in [3.8, 4) is 0 Å². The number of halogens is 1. The number of thiophene rings is 1. The fourth-order valence-corrected chi connectivity index (χ4v) is 5.37. The van der Waals surface area contributed by atoms with E-state index in [1.165, 1.54) is 4.88 Å². The molecule has 0 bridgehead atoms. The normalized spacial score (nSPS) is 12.0. The molecule has 1 aromatic heterocycles. The molecule has 0 aliphatic rings. The number of aryl methyl sites for hydroxylation is 2. The standard InChI is InChI=1S/C19H26ClNO2S2/c1-2-15-25(22,23)21(13-5-10-19-11-6-14-24-19)12-4-8-17-7-3-9-18(20)16-17/h3,6-7,9,11,14,16H,2,4-5,8,10,12-13,15H2,1H3. The minimum atomic E-state index is -3.17. The molecule has 0 atom stereocenters. The molecule has 0 saturated heterocycles. The Morgan fingerprint density at radius 1 is 1.08 bits per heavy atom. The number of nitrogens with zero attached hydrogens (tertiary/aromatic N) is 1. The molecule has 0 radical (unpaired) electrons. The topological polar surface area (TPSA) is 37.4 Å². The van der Waals surface area contributed by atoms with Gasteiger partial charge in [0.1, 0.15) is 0 Å². The summed E-state index contributed by atoms with van der Waals surface area (Å²) >= 11 is 7.74. The Labute approximate surface area is 160 Å². The van der Waals surface area contributed by atoms with Crippen LogP contribution >= 0.6 is 22.9 Å². The van der Waals surface area contributed by atoms with Crippen LogP contribution in [0.4, 0.5) is 0 Å². The number of sulfonamides is 1. The average Bonchev–Trinajstić information content (AvgIpc) is 3.07. The molecular formula is C19H26ClNO2S2. The molecule has 138 valence electrons. The molecule has 0 amide bonds. The third-order valence-corrected chi connectivity index (χ3v) is 7.28. The lowest BCUT2D eigenvalue weighted by Gasteiger charge is -2.22. The Hall–Kier alpha value is -0.880. The van der Waals surface area contributed by atoms with Crippen molar-refractivity contribution in [3.63, 3.8) is 0 Å². The minimum absolute atomic E-state index is 0.225. The van der Waals surface area contributed by atoms with Crippen molar-refractivity contribution in [1.82, 2.24) is 4.31 Å². The second-order valence-electron chi connectivity index (χ2n) is 6.13. The summed E-state index contributed by atoms with van der Waals surface area (Å²) in [6.07, 6.45) is 4.09. The van der Waals surface area contributed by atoms with Gasteiger partial charge in [-0.15, -0.1) is 11.3 Å². The summed E-state index contributed by atoms with van der Waals surface area (Å²) in [7, 11) is -3.17. The number of benzene rings is 1. The molecule has 0 saturated carbocycles. The Bertz CT molecular complexity index is 730. The van der Waals surface area contributed by atoms with Crippen molar-refractivity contribution < 1.29 is 8.42 Å². The zero-order valence-corrected chi connectivity index (χ0v) is 17.0. The minimum Gasteiger partial charge on any atom is -0.212 e. The second kappa shape index (κ2) is 10.3. The maximum atomic E-state index is 12.5. The predicted molar refractivity (Wildman–Crippen MR) is 108 cm³/mol. The Morgan fingerprint density at radius 3 is 2.48 bits per heavy atom. The second-order valence-corrected chi connectivity index (χ2v) is 9.69. The van der Waals surface area contributed by atoms with Gasteiger partial charge in [0.25, 0.3) is 0 Å². The van der Waals surface area contributed by atoms with Crippen LogP contribution in [0, 0.1) is 0 Å². The third-order valence-electron chi connectivity index (χ3n) is 4.03. The summed E-state index contributed by atoms with van der Waals surface area (Å²) in [6, 6.07) is 11.9. The maximum Gasteiger partial charge on any atom is 0.214 e. The smallest absolute Gasteiger partial charge is 0.212 e. The zero-order valence-electron chi connectivity index (χ0n) is 14.7. The van der Waals surface area contributed by atoms with Gasteiger partial charge in [0.15, 0.2) is 0 Å². The van der Waals surface area contributed by atoms with Gasteiger partial charge < -0.3 is 0 Å². The Balaban J connectivity index is 1.89. The van der Waals surface area contributed by atoms with Gasteiger partial charge in [-0.1, -0.05) is 36.7 Å². The van der Waals surface area contributed by atoms with E-state index in [4.69, 9.17) is 11.6 Å². The van der Waals surface area contributed by atoms with E-state index in [-0.39, 0.29) is 5.75 Å². The molecule has 0 N–H and O–H groups in total. The quantitative estimate of drug-likeness (QED) is 0.532. The van der Waals surface area contributed by atoms with E-state index in [2.05, 4.69) is 11.4 Å². The lowest BCUT2D eigenvalue weighted by atomic mass is 10.1. The zero-order chi connectivity index (χ0) is 18.1. The van der Waals surface area contributed by atoms with E-state index >= 15 is 0 Å². The van der Waals surface area contributed by atoms with Crippen molar-refractivity contribution in [1.29, 1.82) is 0 Å². The van der Waals surface area contributed by atoms with Crippen LogP contribution < -0.4 is 0 Å². The van der Waals surface area contributed by atoms with Crippen molar-refractivity contribution in [2.24, 2.45) is 0 Å². The summed E-state index contributed by atoms with van der Waals surface area (Å²) in [5.41, 5.74) is 1.15. The van der Waals surface area contributed by atoms with Crippen LogP contribution in [-0.2, 0) is 22.9 Å². The fraction of sp³-hybridized carbons (Fsp3) is 0.474. The molecule has 2 rings (SSSR count). The molecule has 3 nitrogen and oxygen atoms in total. The van der Waals surface area contributed by atoms with Crippen LogP contribution in [0.25, 0.3) is 0 Å². The molecule has 0 spiro atoms. The van der Waals surface area contributed by atoms with Gasteiger partial charge in [0.2, 0.25) is 10.0 Å². The van der Waals surface area contributed by atoms with Gasteiger partial charge in [-0.05, 0) is 61.2 Å². The molecule has 2 aromatic rings. The highest BCUT2D eigenvalue weighted by atomic mass is 35.5. The lowest BCUT2D eigenvalue weighted by Crippen LogP contribution is -2.35. The fourth-order valence-electron chi connectivity index (χ4n) is 2.81. The van der Waals surface area contributed by atoms with Gasteiger partial charge in [-0.2, -0.15) is 0 Å². The van der Waals surface area contributed by atoms with E-state index in [1.54, 1.807) is 15.6 Å². The predicted octanol–water partition coefficient (Wildman–Crippen LogP) is 5.01. The molecule has 0 fully saturated rings. The van der Waals surface area contributed by atoms with Gasteiger partial charge in [-0.3, -0.25) is 0 Å². The maximum absolute atomic E-state index is 12.5. The number of rotatable bonds is 11. The van der Waals surface area contributed by atoms with Crippen LogP contribution in [0.15, 0.2) is 41.8 Å². The summed E-state index contributed by atoms with van der Waals surface area (Å²) < 4.78 is 26.7. The van der Waals surface area contributed by atoms with Crippen molar-refractivity contribution in [3.05, 3.63) is 57.2 Å². The van der Waals surface area contributed by atoms with Gasteiger partial charge >= 0.3 is 0 Å². The van der Waals surface area contributed by atoms with Gasteiger partial charge in [-0.25, -0.2) is 12.7 Å². The first-order chi connectivity index (χ1) is 12.0. The average molecular weight is 400 g/mol. The van der Waals surface area contributed by atoms with E-state index in [0.29, 0.717) is 19.5 Å². The highest BCUT2D eigenvalue weighted by Crippen LogP contribution is 2.15. The largest absolute Gasteiger partial charge is 0.214 e. The first-order valence-corrected chi connectivity index (χ1v) is 11.6. The summed E-state index contributed by atoms with van der Waals surface area (Å²) in [6.45, 7) is 3.07. The molecule has 1 aromatic carbocycles.